The number of carbonyl (C=O) groups excluding carboxylic acids is 5. The number of anilines is 2. The van der Waals surface area contributed by atoms with Crippen molar-refractivity contribution in [2.45, 2.75) is 163 Å². The lowest BCUT2D eigenvalue weighted by molar-refractivity contribution is -0.144. The number of fused-ring (bicyclic) bond motifs is 3. The summed E-state index contributed by atoms with van der Waals surface area (Å²) in [6, 6.07) is 29.5. The number of sulfonamides is 1. The quantitative estimate of drug-likeness (QED) is 0.0237. The molecular formula is C78H96ClF3N10O11S4. The van der Waals surface area contributed by atoms with E-state index in [0.717, 1.165) is 102 Å². The molecule has 5 heterocycles. The van der Waals surface area contributed by atoms with Gasteiger partial charge < -0.3 is 40.5 Å². The Morgan fingerprint density at radius 3 is 2.24 bits per heavy atom. The first-order valence-electron chi connectivity index (χ1n) is 36.4. The summed E-state index contributed by atoms with van der Waals surface area (Å²) in [6.45, 7) is 18.6. The second kappa shape index (κ2) is 34.2. The number of benzene rings is 5. The number of aliphatic hydroxyl groups excluding tert-OH is 1. The average Bonchev–Trinajstić information content (AvgIpc) is 1.12. The Hall–Kier alpha value is -7.41. The third-order valence-corrected chi connectivity index (χ3v) is 26.1. The molecule has 21 nitrogen and oxygen atoms in total. The predicted molar refractivity (Wildman–Crippen MR) is 411 cm³/mol. The number of nitrogens with one attached hydrogen (secondary N) is 4. The van der Waals surface area contributed by atoms with E-state index in [-0.39, 0.29) is 67.5 Å². The van der Waals surface area contributed by atoms with Crippen LogP contribution in [-0.2, 0) is 50.2 Å². The van der Waals surface area contributed by atoms with Crippen LogP contribution in [0.4, 0.5) is 24.5 Å². The third-order valence-electron chi connectivity index (χ3n) is 20.9. The van der Waals surface area contributed by atoms with Crippen molar-refractivity contribution >= 4 is 101 Å². The highest BCUT2D eigenvalue weighted by molar-refractivity contribution is 7.99. The number of alkyl halides is 3. The summed E-state index contributed by atoms with van der Waals surface area (Å²) in [5.41, 5.74) is 3.48. The lowest BCUT2D eigenvalue weighted by Gasteiger charge is -2.47. The second-order valence-electron chi connectivity index (χ2n) is 30.5. The van der Waals surface area contributed by atoms with Crippen LogP contribution in [0.2, 0.25) is 5.02 Å². The Morgan fingerprint density at radius 2 is 1.55 bits per heavy atom. The molecule has 0 saturated carbocycles. The molecule has 0 spiro atoms. The number of nitrogens with zero attached hydrogens (tertiary/aromatic N) is 6. The number of carbonyl (C=O) groups is 5. The Bertz CT molecular complexity index is 4460. The highest BCUT2D eigenvalue weighted by Gasteiger charge is 2.49. The summed E-state index contributed by atoms with van der Waals surface area (Å²) in [4.78, 5) is 82.8. The van der Waals surface area contributed by atoms with Gasteiger partial charge in [0.1, 0.15) is 23.6 Å². The molecule has 5 amide bonds. The van der Waals surface area contributed by atoms with E-state index in [1.165, 1.54) is 39.4 Å². The molecule has 0 bridgehead atoms. The summed E-state index contributed by atoms with van der Waals surface area (Å²) in [7, 11) is -11.2. The highest BCUT2D eigenvalue weighted by Crippen LogP contribution is 2.44. The molecule has 3 fully saturated rings. The van der Waals surface area contributed by atoms with E-state index >= 15 is 0 Å². The van der Waals surface area contributed by atoms with Crippen LogP contribution in [0.25, 0.3) is 16.0 Å². The summed E-state index contributed by atoms with van der Waals surface area (Å²) in [5.74, 6) is -2.46. The number of allylic oxidation sites excluding steroid dienone is 1. The van der Waals surface area contributed by atoms with Crippen LogP contribution in [0.1, 0.15) is 132 Å². The van der Waals surface area contributed by atoms with Gasteiger partial charge in [-0.15, -0.1) is 23.1 Å². The fraction of sp³-hybridized carbons (Fsp3) is 0.487. The number of β-amino-alcohol motifs (C(OH)–C–C–N with tert-alkyl or cyclic N) is 1. The molecule has 5 N–H and O–H groups in total. The van der Waals surface area contributed by atoms with Crippen LogP contribution in [0.5, 0.6) is 0 Å². The molecule has 6 atom stereocenters. The minimum atomic E-state index is -6.20. The predicted octanol–water partition coefficient (Wildman–Crippen LogP) is 11.6. The van der Waals surface area contributed by atoms with E-state index in [2.05, 4.69) is 61.6 Å². The van der Waals surface area contributed by atoms with Crippen LogP contribution < -0.4 is 25.6 Å². The van der Waals surface area contributed by atoms with Crippen LogP contribution in [-0.4, -0.2) is 196 Å². The Kier molecular flexibility index (Phi) is 25.8. The fourth-order valence-electron chi connectivity index (χ4n) is 14.9. The van der Waals surface area contributed by atoms with Crippen LogP contribution in [0.3, 0.4) is 0 Å². The number of hydrogen-bond donors (Lipinski definition) is 5. The zero-order valence-corrected chi connectivity index (χ0v) is 65.4. The fourth-order valence-corrected chi connectivity index (χ4v) is 18.9. The summed E-state index contributed by atoms with van der Waals surface area (Å²) < 4.78 is 107. The molecule has 1 aromatic heterocycles. The smallest absolute Gasteiger partial charge is 0.391 e. The van der Waals surface area contributed by atoms with Gasteiger partial charge in [0.05, 0.1) is 38.8 Å². The van der Waals surface area contributed by atoms with Gasteiger partial charge in [-0.1, -0.05) is 106 Å². The number of hydrogen-bond acceptors (Lipinski definition) is 18. The summed E-state index contributed by atoms with van der Waals surface area (Å²) >= 11 is 9.19. The number of halogens is 4. The number of sulfone groups is 1. The van der Waals surface area contributed by atoms with Gasteiger partial charge in [0.2, 0.25) is 23.6 Å². The van der Waals surface area contributed by atoms with Gasteiger partial charge in [0.15, 0.2) is 0 Å². The zero-order chi connectivity index (χ0) is 76.8. The molecule has 5 aliphatic rings. The lowest BCUT2D eigenvalue weighted by atomic mass is 9.72. The molecule has 5 aromatic carbocycles. The van der Waals surface area contributed by atoms with E-state index in [0.29, 0.717) is 50.2 Å². The number of ether oxygens (including phenoxy) is 1. The van der Waals surface area contributed by atoms with E-state index < -0.39 is 107 Å². The maximum atomic E-state index is 14.7. The van der Waals surface area contributed by atoms with Crippen LogP contribution >= 0.6 is 34.7 Å². The number of aryl methyl sites for hydroxylation is 2. The number of piperazine rings is 2. The molecule has 6 aromatic rings. The zero-order valence-electron chi connectivity index (χ0n) is 61.4. The molecule has 1 unspecified atom stereocenters. The average molecular weight is 1570 g/mol. The highest BCUT2D eigenvalue weighted by atomic mass is 35.5. The van der Waals surface area contributed by atoms with Crippen molar-refractivity contribution in [3.63, 3.8) is 0 Å². The summed E-state index contributed by atoms with van der Waals surface area (Å²) in [6.07, 6.45) is 4.26. The Labute approximate surface area is 638 Å². The van der Waals surface area contributed by atoms with Crippen molar-refractivity contribution in [3.8, 4) is 10.4 Å². The molecule has 11 rings (SSSR count). The van der Waals surface area contributed by atoms with Gasteiger partial charge in [0, 0.05) is 124 Å². The number of likely N-dealkylation sites (tertiary alicyclic amines) is 1. The molecular weight excluding hydrogens is 1470 g/mol. The van der Waals surface area contributed by atoms with E-state index in [1.54, 1.807) is 54.7 Å². The maximum absolute atomic E-state index is 14.7. The normalized spacial score (nSPS) is 19.7. The number of aliphatic hydroxyl groups is 1. The molecule has 0 radical (unpaired) electrons. The molecule has 1 aliphatic carbocycles. The second-order valence-corrected chi connectivity index (χ2v) is 36.4. The molecule has 107 heavy (non-hydrogen) atoms. The largest absolute Gasteiger partial charge is 0.501 e. The molecule has 4 aliphatic heterocycles. The number of thioether (sulfide) groups is 1. The summed E-state index contributed by atoms with van der Waals surface area (Å²) in [5, 5.41) is 20.3. The minimum absolute atomic E-state index is 0.0121. The Balaban J connectivity index is 0.655. The van der Waals surface area contributed by atoms with Gasteiger partial charge in [0.25, 0.3) is 25.8 Å². The van der Waals surface area contributed by atoms with Gasteiger partial charge in [-0.25, -0.2) is 26.5 Å². The van der Waals surface area contributed by atoms with Crippen LogP contribution in [0, 0.1) is 17.8 Å². The van der Waals surface area contributed by atoms with Crippen molar-refractivity contribution in [2.24, 2.45) is 10.8 Å². The minimum Gasteiger partial charge on any atom is -0.391 e. The first-order valence-corrected chi connectivity index (χ1v) is 41.6. The van der Waals surface area contributed by atoms with Crippen molar-refractivity contribution in [1.29, 1.82) is 0 Å². The number of rotatable bonds is 27. The standard InChI is InChI=1S/C78H96ClF3N10O11S4/c1-50(52-15-17-54(18-16-52)71-51(2)83-49-105-71)84-74(97)67-41-61(93)46-92(67)75(98)72(76(3,4)5)86-69(94)47-103-39-11-14-70(95)90-36-33-88(34-37-90)32-30-59(48-104-62-12-9-8-10-13-62)85-65-27-26-63(42-68(65)106(99,100)78(80,81)82)107(101,102)87-73(96)56-22-28-66-55(40-56)21-25-60-45-89(35-38-91(60)66)44-57-43-77(6,7)31-29-64(57)53-19-23-58(79)24-20-53/h8-10,12-13,15-20,22-24,26-28,40,42,49-50,59-61,67,72,85,93H,11,14,21,25,29-39,41,43-48H2,1-7H3,(H,84,97)(H,86,94)(H,87,96)/t50-,59+,60?,61+,67-,72+/m0/s1. The molecule has 3 saturated heterocycles. The van der Waals surface area contributed by atoms with E-state index in [1.807, 2.05) is 85.3 Å². The van der Waals surface area contributed by atoms with Gasteiger partial charge in [-0.2, -0.15) is 13.2 Å². The van der Waals surface area contributed by atoms with E-state index in [9.17, 15) is 59.1 Å². The van der Waals surface area contributed by atoms with Gasteiger partial charge in [-0.3, -0.25) is 33.8 Å². The monoisotopic (exact) mass is 1570 g/mol. The molecule has 576 valence electrons. The number of aromatic nitrogens is 1. The topological polar surface area (TPSA) is 260 Å². The van der Waals surface area contributed by atoms with Crippen molar-refractivity contribution < 1.29 is 63.8 Å². The van der Waals surface area contributed by atoms with Gasteiger partial charge in [-0.05, 0) is 158 Å². The van der Waals surface area contributed by atoms with Crippen molar-refractivity contribution in [2.75, 3.05) is 94.6 Å². The van der Waals surface area contributed by atoms with Crippen molar-refractivity contribution in [1.82, 2.24) is 39.9 Å². The SMILES string of the molecule is Cc1ncsc1-c1ccc([C@H](C)NC(=O)[C@@H]2C[C@@H](O)CN2C(=O)[C@@H](NC(=O)COCCCC(=O)N2CCN(CC[C@H](CSc3ccccc3)Nc3ccc(S(=O)(=O)NC(=O)c4ccc5c(c4)CCC4CN(CC6=C(c7ccc(Cl)cc7)CCC(C)(C)C6)CCN54)cc3S(=O)(=O)C(F)(F)F)CC2)C(C)(C)C)cc1. The lowest BCUT2D eigenvalue weighted by Crippen LogP contribution is -2.58. The third kappa shape index (κ3) is 20.2. The first kappa shape index (κ1) is 80.6. The molecule has 29 heteroatoms. The Morgan fingerprint density at radius 1 is 0.841 bits per heavy atom. The maximum Gasteiger partial charge on any atom is 0.501 e. The van der Waals surface area contributed by atoms with Gasteiger partial charge >= 0.3 is 5.51 Å². The first-order chi connectivity index (χ1) is 50.7. The van der Waals surface area contributed by atoms with E-state index in [4.69, 9.17) is 16.3 Å². The number of thiazole rings is 1. The van der Waals surface area contributed by atoms with Crippen molar-refractivity contribution in [3.05, 3.63) is 159 Å². The van der Waals surface area contributed by atoms with Crippen LogP contribution in [0.15, 0.2) is 141 Å². The number of amides is 5.